The van der Waals surface area contributed by atoms with Crippen molar-refractivity contribution >= 4 is 33.2 Å². The van der Waals surface area contributed by atoms with Gasteiger partial charge in [0.15, 0.2) is 0 Å². The molecule has 0 unspecified atom stereocenters. The van der Waals surface area contributed by atoms with Crippen LogP contribution in [-0.4, -0.2) is 34.0 Å². The maximum Gasteiger partial charge on any atom is 0.264 e. The number of hydrogen-bond acceptors (Lipinski definition) is 4. The Bertz CT molecular complexity index is 1010. The van der Waals surface area contributed by atoms with Crippen molar-refractivity contribution in [2.24, 2.45) is 11.8 Å². The van der Waals surface area contributed by atoms with Crippen molar-refractivity contribution in [1.82, 2.24) is 5.32 Å². The monoisotopic (exact) mass is 448 g/mol. The van der Waals surface area contributed by atoms with Crippen LogP contribution in [0, 0.1) is 11.8 Å². The molecular weight excluding hydrogens is 424 g/mol. The Kier molecular flexibility index (Phi) is 5.93. The number of anilines is 1. The summed E-state index contributed by atoms with van der Waals surface area (Å²) in [7, 11) is -2.44. The van der Waals surface area contributed by atoms with Gasteiger partial charge in [-0.1, -0.05) is 18.0 Å². The Morgan fingerprint density at radius 2 is 1.80 bits per heavy atom. The standard InChI is InChI=1S/C22H25ClN2O4S/c1-29-19-8-10-20(11-9-19)30(27,28)25(18-6-4-17(23)5-7-18)14-22(26)24-21-13-15-2-3-16(21)12-15/h4-11,15-16,21H,2-3,12-14H2,1H3,(H,24,26)/t15-,16+,21-/m1/s1. The van der Waals surface area contributed by atoms with Gasteiger partial charge in [0.05, 0.1) is 17.7 Å². The normalized spacial score (nSPS) is 22.7. The predicted molar refractivity (Wildman–Crippen MR) is 116 cm³/mol. The van der Waals surface area contributed by atoms with E-state index >= 15 is 0 Å². The van der Waals surface area contributed by atoms with E-state index in [0.29, 0.717) is 28.3 Å². The SMILES string of the molecule is COc1ccc(S(=O)(=O)N(CC(=O)N[C@@H]2C[C@@H]3CC[C@H]2C3)c2ccc(Cl)cc2)cc1. The first-order chi connectivity index (χ1) is 14.4. The highest BCUT2D eigenvalue weighted by atomic mass is 35.5. The van der Waals surface area contributed by atoms with Crippen molar-refractivity contribution in [3.05, 3.63) is 53.6 Å². The molecule has 8 heteroatoms. The Balaban J connectivity index is 1.58. The molecular formula is C22H25ClN2O4S. The molecule has 1 amide bonds. The second-order valence-corrected chi connectivity index (χ2v) is 10.3. The molecule has 0 heterocycles. The van der Waals surface area contributed by atoms with Crippen LogP contribution in [0.1, 0.15) is 25.7 Å². The van der Waals surface area contributed by atoms with Gasteiger partial charge in [-0.2, -0.15) is 0 Å². The summed E-state index contributed by atoms with van der Waals surface area (Å²) in [6.07, 6.45) is 4.53. The van der Waals surface area contributed by atoms with Crippen molar-refractivity contribution in [1.29, 1.82) is 0 Å². The van der Waals surface area contributed by atoms with Gasteiger partial charge in [0.25, 0.3) is 10.0 Å². The largest absolute Gasteiger partial charge is 0.497 e. The zero-order chi connectivity index (χ0) is 21.3. The van der Waals surface area contributed by atoms with Gasteiger partial charge >= 0.3 is 0 Å². The maximum absolute atomic E-state index is 13.4. The molecule has 2 fully saturated rings. The second-order valence-electron chi connectivity index (χ2n) is 8.01. The third-order valence-corrected chi connectivity index (χ3v) is 8.17. The topological polar surface area (TPSA) is 75.7 Å². The molecule has 0 saturated heterocycles. The lowest BCUT2D eigenvalue weighted by Gasteiger charge is -2.27. The Morgan fingerprint density at radius 1 is 1.10 bits per heavy atom. The average molecular weight is 449 g/mol. The predicted octanol–water partition coefficient (Wildman–Crippen LogP) is 3.85. The lowest BCUT2D eigenvalue weighted by atomic mass is 9.95. The first kappa shape index (κ1) is 21.0. The van der Waals surface area contributed by atoms with Gasteiger partial charge in [-0.05, 0) is 79.6 Å². The van der Waals surface area contributed by atoms with Gasteiger partial charge in [-0.15, -0.1) is 0 Å². The fraction of sp³-hybridized carbons (Fsp3) is 0.409. The molecule has 160 valence electrons. The quantitative estimate of drug-likeness (QED) is 0.698. The van der Waals surface area contributed by atoms with Crippen molar-refractivity contribution < 1.29 is 17.9 Å². The number of carbonyl (C=O) groups is 1. The van der Waals surface area contributed by atoms with E-state index in [9.17, 15) is 13.2 Å². The van der Waals surface area contributed by atoms with E-state index in [0.717, 1.165) is 23.6 Å². The van der Waals surface area contributed by atoms with Crippen molar-refractivity contribution in [3.8, 4) is 5.75 Å². The minimum atomic E-state index is -3.96. The number of carbonyl (C=O) groups excluding carboxylic acids is 1. The molecule has 0 aromatic heterocycles. The summed E-state index contributed by atoms with van der Waals surface area (Å²) in [4.78, 5) is 12.9. The molecule has 0 spiro atoms. The fourth-order valence-electron chi connectivity index (χ4n) is 4.60. The van der Waals surface area contributed by atoms with E-state index in [1.807, 2.05) is 0 Å². The number of rotatable bonds is 7. The Morgan fingerprint density at radius 3 is 2.37 bits per heavy atom. The second kappa shape index (κ2) is 8.47. The summed E-state index contributed by atoms with van der Waals surface area (Å²) in [5, 5.41) is 3.57. The first-order valence-electron chi connectivity index (χ1n) is 10.1. The highest BCUT2D eigenvalue weighted by Gasteiger charge is 2.40. The third-order valence-electron chi connectivity index (χ3n) is 6.13. The minimum Gasteiger partial charge on any atom is -0.497 e. The van der Waals surface area contributed by atoms with Crippen LogP contribution < -0.4 is 14.4 Å². The number of nitrogens with zero attached hydrogens (tertiary/aromatic N) is 1. The highest BCUT2D eigenvalue weighted by Crippen LogP contribution is 2.44. The zero-order valence-electron chi connectivity index (χ0n) is 16.8. The van der Waals surface area contributed by atoms with Gasteiger partial charge in [-0.3, -0.25) is 9.10 Å². The van der Waals surface area contributed by atoms with E-state index in [-0.39, 0.29) is 23.4 Å². The Labute approximate surface area is 182 Å². The van der Waals surface area contributed by atoms with E-state index in [1.165, 1.54) is 25.7 Å². The van der Waals surface area contributed by atoms with Crippen LogP contribution in [0.2, 0.25) is 5.02 Å². The molecule has 2 bridgehead atoms. The minimum absolute atomic E-state index is 0.0889. The van der Waals surface area contributed by atoms with Crippen molar-refractivity contribution in [2.45, 2.75) is 36.6 Å². The van der Waals surface area contributed by atoms with Gasteiger partial charge in [0, 0.05) is 11.1 Å². The summed E-state index contributed by atoms with van der Waals surface area (Å²) in [6, 6.07) is 12.7. The molecule has 2 aromatic rings. The zero-order valence-corrected chi connectivity index (χ0v) is 18.3. The van der Waals surface area contributed by atoms with Gasteiger partial charge in [-0.25, -0.2) is 8.42 Å². The number of halogens is 1. The lowest BCUT2D eigenvalue weighted by Crippen LogP contribution is -2.45. The molecule has 2 aliphatic carbocycles. The van der Waals surface area contributed by atoms with Crippen molar-refractivity contribution in [3.63, 3.8) is 0 Å². The summed E-state index contributed by atoms with van der Waals surface area (Å²) in [5.41, 5.74) is 0.387. The van der Waals surface area contributed by atoms with Crippen LogP contribution in [0.3, 0.4) is 0 Å². The van der Waals surface area contributed by atoms with Gasteiger partial charge in [0.1, 0.15) is 12.3 Å². The van der Waals surface area contributed by atoms with E-state index in [4.69, 9.17) is 16.3 Å². The molecule has 2 aromatic carbocycles. The van der Waals surface area contributed by atoms with Crippen molar-refractivity contribution in [2.75, 3.05) is 18.0 Å². The number of hydrogen-bond donors (Lipinski definition) is 1. The summed E-state index contributed by atoms with van der Waals surface area (Å²) < 4.78 is 33.0. The fourth-order valence-corrected chi connectivity index (χ4v) is 6.15. The molecule has 2 saturated carbocycles. The molecule has 2 aliphatic rings. The number of benzene rings is 2. The van der Waals surface area contributed by atoms with Gasteiger partial charge < -0.3 is 10.1 Å². The molecule has 3 atom stereocenters. The van der Waals surface area contributed by atoms with Crippen LogP contribution in [-0.2, 0) is 14.8 Å². The lowest BCUT2D eigenvalue weighted by molar-refractivity contribution is -0.120. The molecule has 0 aliphatic heterocycles. The van der Waals surface area contributed by atoms with Crippen LogP contribution in [0.4, 0.5) is 5.69 Å². The number of amides is 1. The van der Waals surface area contributed by atoms with E-state index < -0.39 is 10.0 Å². The summed E-state index contributed by atoms with van der Waals surface area (Å²) in [6.45, 7) is -0.288. The Hall–Kier alpha value is -2.25. The molecule has 30 heavy (non-hydrogen) atoms. The number of sulfonamides is 1. The number of nitrogens with one attached hydrogen (secondary N) is 1. The summed E-state index contributed by atoms with van der Waals surface area (Å²) >= 11 is 5.98. The highest BCUT2D eigenvalue weighted by molar-refractivity contribution is 7.92. The molecule has 0 radical (unpaired) electrons. The molecule has 4 rings (SSSR count). The van der Waals surface area contributed by atoms with Gasteiger partial charge in [0.2, 0.25) is 5.91 Å². The van der Waals surface area contributed by atoms with E-state index in [1.54, 1.807) is 36.4 Å². The van der Waals surface area contributed by atoms with Crippen LogP contribution in [0.25, 0.3) is 0 Å². The van der Waals surface area contributed by atoms with E-state index in [2.05, 4.69) is 5.32 Å². The number of fused-ring (bicyclic) bond motifs is 2. The van der Waals surface area contributed by atoms with Crippen LogP contribution >= 0.6 is 11.6 Å². The third kappa shape index (κ3) is 4.27. The maximum atomic E-state index is 13.4. The molecule has 6 nitrogen and oxygen atoms in total. The summed E-state index contributed by atoms with van der Waals surface area (Å²) in [5.74, 6) is 1.47. The first-order valence-corrected chi connectivity index (χ1v) is 11.9. The molecule has 1 N–H and O–H groups in total. The number of methoxy groups -OCH3 is 1. The smallest absolute Gasteiger partial charge is 0.264 e. The van der Waals surface area contributed by atoms with Crippen LogP contribution in [0.5, 0.6) is 5.75 Å². The van der Waals surface area contributed by atoms with Crippen LogP contribution in [0.15, 0.2) is 53.4 Å². The average Bonchev–Trinajstić information content (AvgIpc) is 3.36. The number of ether oxygens (including phenoxy) is 1.